The number of hydrogen-bond acceptors (Lipinski definition) is 5. The van der Waals surface area contributed by atoms with Crippen LogP contribution < -0.4 is 14.8 Å². The second-order valence-corrected chi connectivity index (χ2v) is 8.89. The van der Waals surface area contributed by atoms with Gasteiger partial charge in [-0.25, -0.2) is 0 Å². The smallest absolute Gasteiger partial charge is 0.161 e. The van der Waals surface area contributed by atoms with Crippen LogP contribution >= 0.6 is 11.6 Å². The summed E-state index contributed by atoms with van der Waals surface area (Å²) in [5.41, 5.74) is 2.18. The van der Waals surface area contributed by atoms with Gasteiger partial charge < -0.3 is 19.9 Å². The second-order valence-electron chi connectivity index (χ2n) is 8.45. The fourth-order valence-electron chi connectivity index (χ4n) is 4.91. The van der Waals surface area contributed by atoms with Gasteiger partial charge >= 0.3 is 0 Å². The molecule has 6 heteroatoms. The van der Waals surface area contributed by atoms with E-state index in [1.54, 1.807) is 7.11 Å². The molecule has 0 bridgehead atoms. The number of aliphatic hydroxyl groups excluding tert-OH is 1. The Labute approximate surface area is 191 Å². The predicted octanol–water partition coefficient (Wildman–Crippen LogP) is 4.67. The van der Waals surface area contributed by atoms with Crippen LogP contribution in [0.3, 0.4) is 0 Å². The third kappa shape index (κ3) is 5.35. The summed E-state index contributed by atoms with van der Waals surface area (Å²) >= 11 is 6.13. The average Bonchev–Trinajstić information content (AvgIpc) is 3.06. The van der Waals surface area contributed by atoms with Crippen LogP contribution in [0.15, 0.2) is 42.5 Å². The van der Waals surface area contributed by atoms with Crippen molar-refractivity contribution in [3.63, 3.8) is 0 Å². The van der Waals surface area contributed by atoms with Gasteiger partial charge in [-0.1, -0.05) is 36.7 Å². The molecule has 3 rings (SSSR count). The van der Waals surface area contributed by atoms with Crippen LogP contribution in [0.4, 0.5) is 0 Å². The number of halogens is 1. The molecule has 0 radical (unpaired) electrons. The maximum atomic E-state index is 10.2. The molecule has 0 amide bonds. The number of aliphatic hydroxyl groups is 1. The maximum Gasteiger partial charge on any atom is 0.161 e. The van der Waals surface area contributed by atoms with Crippen LogP contribution in [-0.4, -0.2) is 49.0 Å². The lowest BCUT2D eigenvalue weighted by Crippen LogP contribution is -2.45. The molecule has 2 aromatic carbocycles. The first-order chi connectivity index (χ1) is 15.0. The maximum absolute atomic E-state index is 10.2. The summed E-state index contributed by atoms with van der Waals surface area (Å²) in [6.45, 7) is 9.54. The summed E-state index contributed by atoms with van der Waals surface area (Å²) in [5.74, 6) is 1.90. The van der Waals surface area contributed by atoms with Crippen molar-refractivity contribution in [2.45, 2.75) is 45.3 Å². The molecule has 2 aromatic rings. The molecule has 170 valence electrons. The number of hydrogen-bond donors (Lipinski definition) is 2. The SMILES string of the molecule is CCOc1cc(CNC[C@H]2C[C@@](C)(CO)N(CC)[C@H]2c2ccc(Cl)cc2)ccc1OC. The van der Waals surface area contributed by atoms with E-state index in [2.05, 4.69) is 42.3 Å². The highest BCUT2D eigenvalue weighted by Gasteiger charge is 2.47. The van der Waals surface area contributed by atoms with E-state index in [1.807, 2.05) is 31.2 Å². The van der Waals surface area contributed by atoms with Crippen molar-refractivity contribution < 1.29 is 14.6 Å². The standard InChI is InChI=1S/C25H35ClN2O3/c1-5-28-24(19-8-10-21(26)11-9-19)20(14-25(28,3)17-29)16-27-15-18-7-12-22(30-4)23(13-18)31-6-2/h7-13,20,24,27,29H,5-6,14-17H2,1-4H3/t20-,24+,25+/m1/s1. The zero-order chi connectivity index (χ0) is 22.4. The molecule has 0 unspecified atom stereocenters. The van der Waals surface area contributed by atoms with Crippen LogP contribution in [0.5, 0.6) is 11.5 Å². The zero-order valence-corrected chi connectivity index (χ0v) is 19.8. The summed E-state index contributed by atoms with van der Waals surface area (Å²) in [6, 6.07) is 14.4. The van der Waals surface area contributed by atoms with Crippen LogP contribution in [0.2, 0.25) is 5.02 Å². The minimum Gasteiger partial charge on any atom is -0.493 e. The van der Waals surface area contributed by atoms with E-state index >= 15 is 0 Å². The van der Waals surface area contributed by atoms with Crippen LogP contribution in [-0.2, 0) is 6.54 Å². The van der Waals surface area contributed by atoms with E-state index in [4.69, 9.17) is 21.1 Å². The number of rotatable bonds is 10. The van der Waals surface area contributed by atoms with Crippen molar-refractivity contribution in [3.05, 3.63) is 58.6 Å². The molecule has 2 N–H and O–H groups in total. The molecule has 0 aliphatic carbocycles. The minimum atomic E-state index is -0.229. The van der Waals surface area contributed by atoms with Gasteiger partial charge in [0.2, 0.25) is 0 Å². The Morgan fingerprint density at radius 2 is 1.90 bits per heavy atom. The molecule has 0 spiro atoms. The van der Waals surface area contributed by atoms with Crippen molar-refractivity contribution in [1.82, 2.24) is 10.2 Å². The van der Waals surface area contributed by atoms with Crippen molar-refractivity contribution in [3.8, 4) is 11.5 Å². The topological polar surface area (TPSA) is 54.0 Å². The Morgan fingerprint density at radius 3 is 2.52 bits per heavy atom. The molecule has 31 heavy (non-hydrogen) atoms. The van der Waals surface area contributed by atoms with Crippen LogP contribution in [0, 0.1) is 5.92 Å². The van der Waals surface area contributed by atoms with E-state index < -0.39 is 0 Å². The molecule has 1 saturated heterocycles. The number of likely N-dealkylation sites (N-methyl/N-ethyl adjacent to an activating group) is 1. The molecule has 1 fully saturated rings. The third-order valence-corrected chi connectivity index (χ3v) is 6.59. The Balaban J connectivity index is 1.74. The van der Waals surface area contributed by atoms with E-state index in [1.165, 1.54) is 5.56 Å². The first-order valence-corrected chi connectivity index (χ1v) is 11.5. The molecule has 5 nitrogen and oxygen atoms in total. The molecule has 1 aliphatic rings. The average molecular weight is 447 g/mol. The largest absolute Gasteiger partial charge is 0.493 e. The highest BCUT2D eigenvalue weighted by atomic mass is 35.5. The molecule has 1 heterocycles. The van der Waals surface area contributed by atoms with Crippen molar-refractivity contribution >= 4 is 11.6 Å². The van der Waals surface area contributed by atoms with E-state index in [0.29, 0.717) is 12.5 Å². The van der Waals surface area contributed by atoms with Gasteiger partial charge in [-0.2, -0.15) is 0 Å². The lowest BCUT2D eigenvalue weighted by atomic mass is 9.90. The van der Waals surface area contributed by atoms with Gasteiger partial charge in [-0.15, -0.1) is 0 Å². The summed E-state index contributed by atoms with van der Waals surface area (Å²) in [5, 5.41) is 14.6. The predicted molar refractivity (Wildman–Crippen MR) is 126 cm³/mol. The Bertz CT molecular complexity index is 845. The highest BCUT2D eigenvalue weighted by Crippen LogP contribution is 2.46. The molecular formula is C25H35ClN2O3. The van der Waals surface area contributed by atoms with E-state index in [0.717, 1.165) is 48.1 Å². The number of nitrogens with zero attached hydrogens (tertiary/aromatic N) is 1. The summed E-state index contributed by atoms with van der Waals surface area (Å²) < 4.78 is 11.1. The third-order valence-electron chi connectivity index (χ3n) is 6.33. The quantitative estimate of drug-likeness (QED) is 0.555. The van der Waals surface area contributed by atoms with Crippen LogP contribution in [0.25, 0.3) is 0 Å². The summed E-state index contributed by atoms with van der Waals surface area (Å²) in [6.07, 6.45) is 0.935. The lowest BCUT2D eigenvalue weighted by molar-refractivity contribution is 0.0579. The van der Waals surface area contributed by atoms with Crippen molar-refractivity contribution in [2.75, 3.05) is 33.4 Å². The molecule has 3 atom stereocenters. The Morgan fingerprint density at radius 1 is 1.16 bits per heavy atom. The number of methoxy groups -OCH3 is 1. The highest BCUT2D eigenvalue weighted by molar-refractivity contribution is 6.30. The van der Waals surface area contributed by atoms with Crippen LogP contribution in [0.1, 0.15) is 44.4 Å². The Kier molecular flexibility index (Phi) is 8.23. The fourth-order valence-corrected chi connectivity index (χ4v) is 5.04. The summed E-state index contributed by atoms with van der Waals surface area (Å²) in [7, 11) is 1.66. The molecular weight excluding hydrogens is 412 g/mol. The second kappa shape index (κ2) is 10.7. The summed E-state index contributed by atoms with van der Waals surface area (Å²) in [4.78, 5) is 2.43. The first kappa shape index (κ1) is 23.9. The van der Waals surface area contributed by atoms with Gasteiger partial charge in [0.25, 0.3) is 0 Å². The van der Waals surface area contributed by atoms with Gasteiger partial charge in [-0.05, 0) is 68.1 Å². The number of likely N-dealkylation sites (tertiary alicyclic amines) is 1. The zero-order valence-electron chi connectivity index (χ0n) is 19.0. The van der Waals surface area contributed by atoms with Crippen molar-refractivity contribution in [1.29, 1.82) is 0 Å². The molecule has 0 saturated carbocycles. The Hall–Kier alpha value is -1.79. The minimum absolute atomic E-state index is 0.150. The van der Waals surface area contributed by atoms with Gasteiger partial charge in [0, 0.05) is 29.7 Å². The van der Waals surface area contributed by atoms with Gasteiger partial charge in [-0.3, -0.25) is 4.90 Å². The lowest BCUT2D eigenvalue weighted by Gasteiger charge is -2.37. The van der Waals surface area contributed by atoms with Crippen molar-refractivity contribution in [2.24, 2.45) is 5.92 Å². The van der Waals surface area contributed by atoms with Gasteiger partial charge in [0.1, 0.15) is 0 Å². The monoisotopic (exact) mass is 446 g/mol. The number of nitrogens with one attached hydrogen (secondary N) is 1. The van der Waals surface area contributed by atoms with E-state index in [9.17, 15) is 5.11 Å². The molecule has 0 aromatic heterocycles. The number of ether oxygens (including phenoxy) is 2. The van der Waals surface area contributed by atoms with E-state index in [-0.39, 0.29) is 18.2 Å². The fraction of sp³-hybridized carbons (Fsp3) is 0.520. The molecule has 1 aliphatic heterocycles. The first-order valence-electron chi connectivity index (χ1n) is 11.1. The normalized spacial score (nSPS) is 23.8. The van der Waals surface area contributed by atoms with Gasteiger partial charge in [0.05, 0.1) is 20.3 Å². The van der Waals surface area contributed by atoms with Gasteiger partial charge in [0.15, 0.2) is 11.5 Å². The number of benzene rings is 2.